The van der Waals surface area contributed by atoms with Crippen LogP contribution >= 0.6 is 0 Å². The summed E-state index contributed by atoms with van der Waals surface area (Å²) >= 11 is 0. The van der Waals surface area contributed by atoms with Crippen molar-refractivity contribution >= 4 is 11.9 Å². The highest BCUT2D eigenvalue weighted by molar-refractivity contribution is 5.74. The van der Waals surface area contributed by atoms with Gasteiger partial charge in [-0.25, -0.2) is 4.98 Å². The van der Waals surface area contributed by atoms with Crippen molar-refractivity contribution in [3.63, 3.8) is 0 Å². The molecule has 0 bridgehead atoms. The van der Waals surface area contributed by atoms with E-state index in [-0.39, 0.29) is 17.8 Å². The van der Waals surface area contributed by atoms with Crippen LogP contribution in [0.25, 0.3) is 0 Å². The second-order valence-corrected chi connectivity index (χ2v) is 4.41. The minimum Gasteiger partial charge on any atom is -0.481 e. The van der Waals surface area contributed by atoms with Crippen LogP contribution in [0.5, 0.6) is 5.88 Å². The Morgan fingerprint density at radius 2 is 2.22 bits per heavy atom. The monoisotopic (exact) mass is 251 g/mol. The number of ether oxygens (including phenoxy) is 2. The third-order valence-electron chi connectivity index (χ3n) is 3.23. The highest BCUT2D eigenvalue weighted by Crippen LogP contribution is 2.27. The van der Waals surface area contributed by atoms with Crippen molar-refractivity contribution in [2.45, 2.75) is 6.92 Å². The molecule has 0 N–H and O–H groups in total. The van der Waals surface area contributed by atoms with E-state index in [1.54, 1.807) is 19.4 Å². The molecule has 98 valence electrons. The predicted molar refractivity (Wildman–Crippen MR) is 65.5 cm³/mol. The molecule has 0 saturated carbocycles. The molecule has 2 rings (SSSR count). The van der Waals surface area contributed by atoms with Crippen molar-refractivity contribution in [3.05, 3.63) is 12.3 Å². The first-order chi connectivity index (χ1) is 8.65. The van der Waals surface area contributed by atoms with Crippen molar-refractivity contribution in [1.29, 1.82) is 0 Å². The first kappa shape index (κ1) is 12.6. The lowest BCUT2D eigenvalue weighted by Crippen LogP contribution is -2.25. The third-order valence-corrected chi connectivity index (χ3v) is 3.23. The molecule has 1 aromatic heterocycles. The Morgan fingerprint density at radius 1 is 1.44 bits per heavy atom. The number of anilines is 1. The molecule has 1 saturated heterocycles. The highest BCUT2D eigenvalue weighted by Gasteiger charge is 2.36. The first-order valence-electron chi connectivity index (χ1n) is 5.85. The Hall–Kier alpha value is -1.85. The van der Waals surface area contributed by atoms with Gasteiger partial charge in [0.2, 0.25) is 11.8 Å². The van der Waals surface area contributed by atoms with E-state index in [2.05, 4.69) is 9.97 Å². The van der Waals surface area contributed by atoms with E-state index in [0.29, 0.717) is 18.4 Å². The van der Waals surface area contributed by atoms with Gasteiger partial charge in [-0.3, -0.25) is 4.79 Å². The largest absolute Gasteiger partial charge is 0.481 e. The van der Waals surface area contributed by atoms with Gasteiger partial charge >= 0.3 is 5.97 Å². The third kappa shape index (κ3) is 2.37. The van der Waals surface area contributed by atoms with Gasteiger partial charge < -0.3 is 14.4 Å². The van der Waals surface area contributed by atoms with E-state index in [1.165, 1.54) is 7.11 Å². The van der Waals surface area contributed by atoms with E-state index in [1.807, 2.05) is 11.8 Å². The summed E-state index contributed by atoms with van der Waals surface area (Å²) in [5.74, 6) is 1.05. The maximum absolute atomic E-state index is 11.6. The van der Waals surface area contributed by atoms with Crippen LogP contribution in [0, 0.1) is 11.8 Å². The quantitative estimate of drug-likeness (QED) is 0.738. The molecule has 2 unspecified atom stereocenters. The summed E-state index contributed by atoms with van der Waals surface area (Å²) in [5, 5.41) is 0. The van der Waals surface area contributed by atoms with Crippen LogP contribution in [0.2, 0.25) is 0 Å². The molecule has 1 aliphatic heterocycles. The summed E-state index contributed by atoms with van der Waals surface area (Å²) in [6, 6.07) is 1.70. The van der Waals surface area contributed by atoms with Crippen molar-refractivity contribution < 1.29 is 14.3 Å². The topological polar surface area (TPSA) is 64.5 Å². The Balaban J connectivity index is 2.13. The van der Waals surface area contributed by atoms with Gasteiger partial charge in [-0.15, -0.1) is 0 Å². The molecular weight excluding hydrogens is 234 g/mol. The number of nitrogens with zero attached hydrogens (tertiary/aromatic N) is 3. The minimum atomic E-state index is -0.173. The molecule has 2 heterocycles. The predicted octanol–water partition coefficient (Wildman–Crippen LogP) is 0.730. The van der Waals surface area contributed by atoms with Crippen molar-refractivity contribution in [1.82, 2.24) is 9.97 Å². The Kier molecular flexibility index (Phi) is 3.64. The summed E-state index contributed by atoms with van der Waals surface area (Å²) in [6.45, 7) is 3.36. The second-order valence-electron chi connectivity index (χ2n) is 4.41. The molecule has 0 amide bonds. The van der Waals surface area contributed by atoms with Gasteiger partial charge in [0.1, 0.15) is 0 Å². The Bertz CT molecular complexity index is 438. The zero-order valence-electron chi connectivity index (χ0n) is 10.8. The molecule has 6 nitrogen and oxygen atoms in total. The van der Waals surface area contributed by atoms with Crippen LogP contribution in [0.1, 0.15) is 6.92 Å². The number of hydrogen-bond acceptors (Lipinski definition) is 6. The standard InChI is InChI=1S/C12H17N3O3/c1-8-6-15(7-9(8)11(16)18-3)12-13-5-4-10(14-12)17-2/h4-5,8-9H,6-7H2,1-3H3. The molecule has 1 aliphatic rings. The fourth-order valence-electron chi connectivity index (χ4n) is 2.19. The van der Waals surface area contributed by atoms with Gasteiger partial charge in [-0.2, -0.15) is 4.98 Å². The number of carbonyl (C=O) groups excluding carboxylic acids is 1. The van der Waals surface area contributed by atoms with E-state index in [0.717, 1.165) is 6.54 Å². The summed E-state index contributed by atoms with van der Waals surface area (Å²) in [7, 11) is 2.98. The second kappa shape index (κ2) is 5.20. The average Bonchev–Trinajstić information content (AvgIpc) is 2.80. The number of rotatable bonds is 3. The lowest BCUT2D eigenvalue weighted by Gasteiger charge is -2.15. The molecule has 18 heavy (non-hydrogen) atoms. The minimum absolute atomic E-state index is 0.121. The number of carbonyl (C=O) groups is 1. The maximum Gasteiger partial charge on any atom is 0.310 e. The molecule has 2 atom stereocenters. The maximum atomic E-state index is 11.6. The molecule has 1 aromatic rings. The fraction of sp³-hybridized carbons (Fsp3) is 0.583. The summed E-state index contributed by atoms with van der Waals surface area (Å²) in [5.41, 5.74) is 0. The van der Waals surface area contributed by atoms with E-state index < -0.39 is 0 Å². The molecule has 0 spiro atoms. The van der Waals surface area contributed by atoms with Gasteiger partial charge in [-0.05, 0) is 5.92 Å². The zero-order chi connectivity index (χ0) is 13.1. The van der Waals surface area contributed by atoms with Crippen LogP contribution in [0.15, 0.2) is 12.3 Å². The SMILES string of the molecule is COC(=O)C1CN(c2nccc(OC)n2)CC1C. The number of aromatic nitrogens is 2. The molecule has 1 fully saturated rings. The van der Waals surface area contributed by atoms with Crippen LogP contribution in [0.3, 0.4) is 0 Å². The first-order valence-corrected chi connectivity index (χ1v) is 5.85. The van der Waals surface area contributed by atoms with E-state index in [4.69, 9.17) is 9.47 Å². The van der Waals surface area contributed by atoms with Crippen molar-refractivity contribution in [3.8, 4) is 5.88 Å². The number of hydrogen-bond donors (Lipinski definition) is 0. The van der Waals surface area contributed by atoms with Gasteiger partial charge in [0.15, 0.2) is 0 Å². The van der Waals surface area contributed by atoms with E-state index in [9.17, 15) is 4.79 Å². The van der Waals surface area contributed by atoms with Crippen molar-refractivity contribution in [2.75, 3.05) is 32.2 Å². The van der Waals surface area contributed by atoms with Gasteiger partial charge in [0.25, 0.3) is 0 Å². The molecule has 0 radical (unpaired) electrons. The van der Waals surface area contributed by atoms with Crippen LogP contribution < -0.4 is 9.64 Å². The van der Waals surface area contributed by atoms with Gasteiger partial charge in [0.05, 0.1) is 20.1 Å². The molecule has 6 heteroatoms. The number of methoxy groups -OCH3 is 2. The van der Waals surface area contributed by atoms with Crippen LogP contribution in [0.4, 0.5) is 5.95 Å². The molecular formula is C12H17N3O3. The summed E-state index contributed by atoms with van der Waals surface area (Å²) in [4.78, 5) is 22.1. The lowest BCUT2D eigenvalue weighted by atomic mass is 9.99. The Labute approximate surface area is 106 Å². The normalized spacial score (nSPS) is 22.9. The van der Waals surface area contributed by atoms with Crippen LogP contribution in [-0.2, 0) is 9.53 Å². The van der Waals surface area contributed by atoms with Gasteiger partial charge in [-0.1, -0.05) is 6.92 Å². The number of esters is 1. The summed E-state index contributed by atoms with van der Waals surface area (Å²) < 4.78 is 9.87. The fourth-order valence-corrected chi connectivity index (χ4v) is 2.19. The molecule has 0 aliphatic carbocycles. The van der Waals surface area contributed by atoms with Crippen LogP contribution in [-0.4, -0.2) is 43.2 Å². The van der Waals surface area contributed by atoms with Gasteiger partial charge in [0, 0.05) is 25.4 Å². The highest BCUT2D eigenvalue weighted by atomic mass is 16.5. The lowest BCUT2D eigenvalue weighted by molar-refractivity contribution is -0.145. The smallest absolute Gasteiger partial charge is 0.310 e. The molecule has 0 aromatic carbocycles. The van der Waals surface area contributed by atoms with Crippen molar-refractivity contribution in [2.24, 2.45) is 11.8 Å². The van der Waals surface area contributed by atoms with E-state index >= 15 is 0 Å². The summed E-state index contributed by atoms with van der Waals surface area (Å²) in [6.07, 6.45) is 1.65. The Morgan fingerprint density at radius 3 is 2.89 bits per heavy atom. The zero-order valence-corrected chi connectivity index (χ0v) is 10.8. The average molecular weight is 251 g/mol.